The molecule has 2 N–H and O–H groups in total. The van der Waals surface area contributed by atoms with Crippen molar-refractivity contribution in [2.45, 2.75) is 46.1 Å². The summed E-state index contributed by atoms with van der Waals surface area (Å²) in [6.45, 7) is 10.2. The van der Waals surface area contributed by atoms with Crippen LogP contribution in [0.2, 0.25) is 5.02 Å². The molecule has 5 nitrogen and oxygen atoms in total. The van der Waals surface area contributed by atoms with Gasteiger partial charge in [0.1, 0.15) is 10.7 Å². The van der Waals surface area contributed by atoms with Crippen LogP contribution in [0.15, 0.2) is 24.3 Å². The topological polar surface area (TPSA) is 75.1 Å². The maximum atomic E-state index is 12.7. The predicted molar refractivity (Wildman–Crippen MR) is 114 cm³/mol. The molecule has 1 amide bonds. The third-order valence-corrected chi connectivity index (χ3v) is 5.96. The number of aromatic nitrogens is 2. The van der Waals surface area contributed by atoms with Crippen molar-refractivity contribution in [1.29, 1.82) is 0 Å². The number of aliphatic hydroxyl groups is 1. The summed E-state index contributed by atoms with van der Waals surface area (Å²) < 4.78 is 0. The molecule has 0 bridgehead atoms. The van der Waals surface area contributed by atoms with Gasteiger partial charge in [0.15, 0.2) is 0 Å². The Morgan fingerprint density at radius 2 is 2.00 bits per heavy atom. The minimum absolute atomic E-state index is 0.102. The van der Waals surface area contributed by atoms with Gasteiger partial charge in [-0.25, -0.2) is 9.97 Å². The van der Waals surface area contributed by atoms with Gasteiger partial charge in [-0.15, -0.1) is 11.3 Å². The lowest BCUT2D eigenvalue weighted by Crippen LogP contribution is -2.28. The van der Waals surface area contributed by atoms with Gasteiger partial charge in [0.25, 0.3) is 5.91 Å². The van der Waals surface area contributed by atoms with E-state index in [4.69, 9.17) is 11.6 Å². The molecule has 0 aliphatic heterocycles. The molecule has 0 radical (unpaired) electrons. The molecule has 28 heavy (non-hydrogen) atoms. The molecule has 2 heterocycles. The average molecular weight is 418 g/mol. The van der Waals surface area contributed by atoms with Crippen LogP contribution in [-0.4, -0.2) is 27.5 Å². The molecular weight excluding hydrogens is 394 g/mol. The molecule has 1 aromatic carbocycles. The second-order valence-corrected chi connectivity index (χ2v) is 9.34. The SMILES string of the molecule is Cc1nc(C(C)(C)C)nc2sc(C(=O)NCC(O)c3cccc(Cl)c3)c(C)c12. The summed E-state index contributed by atoms with van der Waals surface area (Å²) in [5.74, 6) is 0.542. The molecule has 0 saturated heterocycles. The lowest BCUT2D eigenvalue weighted by Gasteiger charge is -2.16. The molecule has 148 valence electrons. The molecule has 3 rings (SSSR count). The van der Waals surface area contributed by atoms with Gasteiger partial charge >= 0.3 is 0 Å². The van der Waals surface area contributed by atoms with Crippen LogP contribution in [0.5, 0.6) is 0 Å². The lowest BCUT2D eigenvalue weighted by molar-refractivity contribution is 0.0920. The fourth-order valence-corrected chi connectivity index (χ4v) is 4.34. The zero-order valence-corrected chi connectivity index (χ0v) is 18.2. The van der Waals surface area contributed by atoms with E-state index in [1.54, 1.807) is 24.3 Å². The number of amides is 1. The maximum absolute atomic E-state index is 12.7. The largest absolute Gasteiger partial charge is 0.387 e. The number of aryl methyl sites for hydroxylation is 2. The first kappa shape index (κ1) is 20.7. The van der Waals surface area contributed by atoms with Crippen molar-refractivity contribution >= 4 is 39.1 Å². The summed E-state index contributed by atoms with van der Waals surface area (Å²) in [7, 11) is 0. The highest BCUT2D eigenvalue weighted by Gasteiger charge is 2.23. The number of halogens is 1. The highest BCUT2D eigenvalue weighted by atomic mass is 35.5. The summed E-state index contributed by atoms with van der Waals surface area (Å²) in [5, 5.41) is 14.6. The Morgan fingerprint density at radius 1 is 1.29 bits per heavy atom. The van der Waals surface area contributed by atoms with E-state index < -0.39 is 6.10 Å². The van der Waals surface area contributed by atoms with E-state index in [9.17, 15) is 9.90 Å². The van der Waals surface area contributed by atoms with E-state index in [-0.39, 0.29) is 17.9 Å². The van der Waals surface area contributed by atoms with Crippen LogP contribution in [0.25, 0.3) is 10.2 Å². The number of nitrogens with zero attached hydrogens (tertiary/aromatic N) is 2. The zero-order valence-electron chi connectivity index (χ0n) is 16.6. The summed E-state index contributed by atoms with van der Waals surface area (Å²) in [4.78, 5) is 23.5. The monoisotopic (exact) mass is 417 g/mol. The van der Waals surface area contributed by atoms with Crippen LogP contribution >= 0.6 is 22.9 Å². The van der Waals surface area contributed by atoms with Crippen LogP contribution in [0.4, 0.5) is 0 Å². The van der Waals surface area contributed by atoms with E-state index in [0.717, 1.165) is 27.3 Å². The van der Waals surface area contributed by atoms with Crippen LogP contribution in [0, 0.1) is 13.8 Å². The Kier molecular flexibility index (Phi) is 5.75. The molecule has 3 aromatic rings. The number of hydrogen-bond donors (Lipinski definition) is 2. The number of benzene rings is 1. The number of hydrogen-bond acceptors (Lipinski definition) is 5. The standard InChI is InChI=1S/C21H24ClN3O2S/c1-11-16-12(2)24-20(21(3,4)5)25-19(16)28-17(11)18(27)23-10-15(26)13-7-6-8-14(22)9-13/h6-9,15,26H,10H2,1-5H3,(H,23,27). The number of carbonyl (C=O) groups is 1. The molecule has 1 unspecified atom stereocenters. The zero-order chi connectivity index (χ0) is 20.6. The Hall–Kier alpha value is -2.02. The van der Waals surface area contributed by atoms with Gasteiger partial charge in [-0.05, 0) is 37.1 Å². The molecule has 1 atom stereocenters. The summed E-state index contributed by atoms with van der Waals surface area (Å²) in [6.07, 6.45) is -0.827. The van der Waals surface area contributed by atoms with Gasteiger partial charge in [0.2, 0.25) is 0 Å². The van der Waals surface area contributed by atoms with Crippen molar-refractivity contribution in [3.8, 4) is 0 Å². The highest BCUT2D eigenvalue weighted by molar-refractivity contribution is 7.20. The molecule has 7 heteroatoms. The molecule has 0 saturated carbocycles. The second-order valence-electron chi connectivity index (χ2n) is 7.90. The Bertz CT molecular complexity index is 1040. The first-order valence-corrected chi connectivity index (χ1v) is 10.3. The maximum Gasteiger partial charge on any atom is 0.261 e. The first-order chi connectivity index (χ1) is 13.1. The third kappa shape index (κ3) is 4.19. The highest BCUT2D eigenvalue weighted by Crippen LogP contribution is 2.33. The van der Waals surface area contributed by atoms with Crippen LogP contribution in [-0.2, 0) is 5.41 Å². The van der Waals surface area contributed by atoms with E-state index in [1.807, 2.05) is 13.8 Å². The number of nitrogens with one attached hydrogen (secondary N) is 1. The first-order valence-electron chi connectivity index (χ1n) is 9.08. The minimum atomic E-state index is -0.827. The summed E-state index contributed by atoms with van der Waals surface area (Å²) in [6, 6.07) is 6.98. The Labute approximate surface area is 173 Å². The normalized spacial score (nSPS) is 13.0. The van der Waals surface area contributed by atoms with Crippen LogP contribution in [0.3, 0.4) is 0 Å². The van der Waals surface area contributed by atoms with Crippen molar-refractivity contribution in [1.82, 2.24) is 15.3 Å². The van der Waals surface area contributed by atoms with Crippen molar-refractivity contribution in [3.63, 3.8) is 0 Å². The van der Waals surface area contributed by atoms with E-state index in [0.29, 0.717) is 15.5 Å². The minimum Gasteiger partial charge on any atom is -0.387 e. The molecule has 0 fully saturated rings. The fourth-order valence-electron chi connectivity index (χ4n) is 2.99. The molecule has 0 spiro atoms. The lowest BCUT2D eigenvalue weighted by atomic mass is 9.95. The van der Waals surface area contributed by atoms with Crippen molar-refractivity contribution < 1.29 is 9.90 Å². The third-order valence-electron chi connectivity index (χ3n) is 4.54. The Balaban J connectivity index is 1.84. The summed E-state index contributed by atoms with van der Waals surface area (Å²) >= 11 is 7.32. The van der Waals surface area contributed by atoms with Gasteiger partial charge < -0.3 is 10.4 Å². The fraction of sp³-hybridized carbons (Fsp3) is 0.381. The van der Waals surface area contributed by atoms with Gasteiger partial charge in [-0.3, -0.25) is 4.79 Å². The average Bonchev–Trinajstić information content (AvgIpc) is 2.96. The Morgan fingerprint density at radius 3 is 2.64 bits per heavy atom. The van der Waals surface area contributed by atoms with E-state index in [1.165, 1.54) is 11.3 Å². The molecule has 2 aromatic heterocycles. The van der Waals surface area contributed by atoms with Gasteiger partial charge in [0.05, 0.1) is 16.7 Å². The number of rotatable bonds is 4. The van der Waals surface area contributed by atoms with Crippen molar-refractivity contribution in [2.24, 2.45) is 0 Å². The number of aliphatic hydroxyl groups excluding tert-OH is 1. The molecule has 0 aliphatic rings. The van der Waals surface area contributed by atoms with E-state index in [2.05, 4.69) is 36.1 Å². The predicted octanol–water partition coefficient (Wildman–Crippen LogP) is 4.72. The smallest absolute Gasteiger partial charge is 0.261 e. The number of fused-ring (bicyclic) bond motifs is 1. The van der Waals surface area contributed by atoms with Crippen LogP contribution in [0.1, 0.15) is 59.2 Å². The van der Waals surface area contributed by atoms with Crippen LogP contribution < -0.4 is 5.32 Å². The van der Waals surface area contributed by atoms with Gasteiger partial charge in [-0.2, -0.15) is 0 Å². The van der Waals surface area contributed by atoms with Gasteiger partial charge in [-0.1, -0.05) is 44.5 Å². The summed E-state index contributed by atoms with van der Waals surface area (Å²) in [5.41, 5.74) is 2.24. The quantitative estimate of drug-likeness (QED) is 0.643. The van der Waals surface area contributed by atoms with Crippen molar-refractivity contribution in [2.75, 3.05) is 6.54 Å². The second kappa shape index (κ2) is 7.78. The number of carbonyl (C=O) groups excluding carboxylic acids is 1. The van der Waals surface area contributed by atoms with Crippen molar-refractivity contribution in [3.05, 3.63) is 56.8 Å². The van der Waals surface area contributed by atoms with E-state index >= 15 is 0 Å². The molecular formula is C21H24ClN3O2S. The van der Waals surface area contributed by atoms with Gasteiger partial charge in [0, 0.05) is 22.4 Å². The number of thiophene rings is 1. The molecule has 0 aliphatic carbocycles.